The molecule has 3 N–H and O–H groups in total. The Bertz CT molecular complexity index is 693. The second-order valence-electron chi connectivity index (χ2n) is 6.16. The molecule has 0 radical (unpaired) electrons. The predicted molar refractivity (Wildman–Crippen MR) is 106 cm³/mol. The van der Waals surface area contributed by atoms with Crippen LogP contribution in [0, 0.1) is 0 Å². The number of benzene rings is 2. The van der Waals surface area contributed by atoms with Crippen LogP contribution in [0.4, 0.5) is 0 Å². The van der Waals surface area contributed by atoms with Crippen molar-refractivity contribution >= 4 is 18.3 Å². The molecule has 2 atom stereocenters. The van der Waals surface area contributed by atoms with E-state index in [2.05, 4.69) is 5.32 Å². The van der Waals surface area contributed by atoms with Crippen molar-refractivity contribution in [1.29, 1.82) is 0 Å². The summed E-state index contributed by atoms with van der Waals surface area (Å²) in [6.07, 6.45) is 0.305. The van der Waals surface area contributed by atoms with Gasteiger partial charge in [0.1, 0.15) is 6.61 Å². The maximum Gasteiger partial charge on any atom is 0.222 e. The molecule has 1 amide bonds. The van der Waals surface area contributed by atoms with Crippen molar-refractivity contribution in [2.45, 2.75) is 39.0 Å². The summed E-state index contributed by atoms with van der Waals surface area (Å²) in [4.78, 5) is 11.9. The van der Waals surface area contributed by atoms with E-state index in [0.29, 0.717) is 24.5 Å². The molecule has 0 aliphatic rings. The Hall–Kier alpha value is -2.24. The zero-order chi connectivity index (χ0) is 18.2. The highest BCUT2D eigenvalue weighted by molar-refractivity contribution is 5.85. The molecule has 6 heteroatoms. The molecule has 2 aromatic rings. The van der Waals surface area contributed by atoms with Gasteiger partial charge in [0.15, 0.2) is 11.5 Å². The first kappa shape index (κ1) is 21.8. The van der Waals surface area contributed by atoms with E-state index in [1.165, 1.54) is 0 Å². The number of carbonyl (C=O) groups is 1. The summed E-state index contributed by atoms with van der Waals surface area (Å²) in [5, 5.41) is 2.94. The molecule has 142 valence electrons. The van der Waals surface area contributed by atoms with E-state index in [1.54, 1.807) is 7.11 Å². The van der Waals surface area contributed by atoms with Crippen molar-refractivity contribution in [3.63, 3.8) is 0 Å². The van der Waals surface area contributed by atoms with Crippen LogP contribution in [0.1, 0.15) is 37.4 Å². The van der Waals surface area contributed by atoms with Crippen LogP contribution >= 0.6 is 12.4 Å². The van der Waals surface area contributed by atoms with Crippen LogP contribution in [-0.2, 0) is 11.4 Å². The maximum absolute atomic E-state index is 11.9. The topological polar surface area (TPSA) is 73.6 Å². The van der Waals surface area contributed by atoms with Crippen LogP contribution in [0.5, 0.6) is 11.5 Å². The molecular weight excluding hydrogens is 352 g/mol. The Morgan fingerprint density at radius 3 is 2.42 bits per heavy atom. The SMILES string of the molecule is COc1cc(C(C)NC(=O)CC(C)N)ccc1OCc1ccccc1.Cl. The molecule has 2 unspecified atom stereocenters. The summed E-state index contributed by atoms with van der Waals surface area (Å²) in [5.41, 5.74) is 7.69. The lowest BCUT2D eigenvalue weighted by Gasteiger charge is -2.18. The molecular formula is C20H27ClN2O3. The van der Waals surface area contributed by atoms with Gasteiger partial charge in [-0.3, -0.25) is 4.79 Å². The third-order valence-corrected chi connectivity index (χ3v) is 3.81. The Labute approximate surface area is 161 Å². The summed E-state index contributed by atoms with van der Waals surface area (Å²) >= 11 is 0. The molecule has 0 saturated carbocycles. The average molecular weight is 379 g/mol. The van der Waals surface area contributed by atoms with Crippen molar-refractivity contribution in [2.24, 2.45) is 5.73 Å². The summed E-state index contributed by atoms with van der Waals surface area (Å²) in [6, 6.07) is 15.3. The lowest BCUT2D eigenvalue weighted by Crippen LogP contribution is -2.31. The highest BCUT2D eigenvalue weighted by Gasteiger charge is 2.14. The normalized spacial score (nSPS) is 12.5. The number of nitrogens with one attached hydrogen (secondary N) is 1. The minimum atomic E-state index is -0.157. The van der Waals surface area contributed by atoms with E-state index in [9.17, 15) is 4.79 Å². The quantitative estimate of drug-likeness (QED) is 0.735. The molecule has 26 heavy (non-hydrogen) atoms. The largest absolute Gasteiger partial charge is 0.493 e. The second-order valence-corrected chi connectivity index (χ2v) is 6.16. The Balaban J connectivity index is 0.00000338. The van der Waals surface area contributed by atoms with Crippen molar-refractivity contribution in [2.75, 3.05) is 7.11 Å². The van der Waals surface area contributed by atoms with E-state index < -0.39 is 0 Å². The highest BCUT2D eigenvalue weighted by atomic mass is 35.5. The monoisotopic (exact) mass is 378 g/mol. The third kappa shape index (κ3) is 6.58. The van der Waals surface area contributed by atoms with E-state index in [-0.39, 0.29) is 30.4 Å². The van der Waals surface area contributed by atoms with Crippen LogP contribution in [0.25, 0.3) is 0 Å². The lowest BCUT2D eigenvalue weighted by atomic mass is 10.1. The van der Waals surface area contributed by atoms with E-state index in [4.69, 9.17) is 15.2 Å². The van der Waals surface area contributed by atoms with Gasteiger partial charge < -0.3 is 20.5 Å². The molecule has 0 aromatic heterocycles. The Kier molecular flexibility index (Phi) is 8.96. The van der Waals surface area contributed by atoms with Gasteiger partial charge >= 0.3 is 0 Å². The number of nitrogens with two attached hydrogens (primary N) is 1. The highest BCUT2D eigenvalue weighted by Crippen LogP contribution is 2.31. The maximum atomic E-state index is 11.9. The molecule has 5 nitrogen and oxygen atoms in total. The fourth-order valence-corrected chi connectivity index (χ4v) is 2.48. The van der Waals surface area contributed by atoms with E-state index in [0.717, 1.165) is 11.1 Å². The van der Waals surface area contributed by atoms with Crippen molar-refractivity contribution in [3.8, 4) is 11.5 Å². The number of halogens is 1. The predicted octanol–water partition coefficient (Wildman–Crippen LogP) is 3.61. The molecule has 0 bridgehead atoms. The lowest BCUT2D eigenvalue weighted by molar-refractivity contribution is -0.122. The Morgan fingerprint density at radius 1 is 1.12 bits per heavy atom. The third-order valence-electron chi connectivity index (χ3n) is 3.81. The number of hydrogen-bond donors (Lipinski definition) is 2. The molecule has 2 aromatic carbocycles. The van der Waals surface area contributed by atoms with Gasteiger partial charge in [-0.05, 0) is 37.1 Å². The number of amides is 1. The minimum Gasteiger partial charge on any atom is -0.493 e. The van der Waals surface area contributed by atoms with Gasteiger partial charge in [0.2, 0.25) is 5.91 Å². The van der Waals surface area contributed by atoms with Crippen LogP contribution in [0.2, 0.25) is 0 Å². The van der Waals surface area contributed by atoms with Crippen molar-refractivity contribution in [3.05, 3.63) is 59.7 Å². The first-order chi connectivity index (χ1) is 12.0. The van der Waals surface area contributed by atoms with Gasteiger partial charge in [-0.2, -0.15) is 0 Å². The molecule has 0 aliphatic carbocycles. The van der Waals surface area contributed by atoms with Gasteiger partial charge in [-0.1, -0.05) is 36.4 Å². The fourth-order valence-electron chi connectivity index (χ4n) is 2.48. The van der Waals surface area contributed by atoms with Gasteiger partial charge in [0.05, 0.1) is 13.2 Å². The van der Waals surface area contributed by atoms with Crippen LogP contribution < -0.4 is 20.5 Å². The number of carbonyl (C=O) groups excluding carboxylic acids is 1. The second kappa shape index (κ2) is 10.7. The van der Waals surface area contributed by atoms with Crippen LogP contribution in [-0.4, -0.2) is 19.1 Å². The molecule has 0 saturated heterocycles. The fraction of sp³-hybridized carbons (Fsp3) is 0.350. The average Bonchev–Trinajstić information content (AvgIpc) is 2.59. The summed E-state index contributed by atoms with van der Waals surface area (Å²) in [7, 11) is 1.61. The molecule has 0 aliphatic heterocycles. The van der Waals surface area contributed by atoms with Gasteiger partial charge in [0, 0.05) is 12.5 Å². The number of rotatable bonds is 8. The smallest absolute Gasteiger partial charge is 0.222 e. The molecule has 2 rings (SSSR count). The number of methoxy groups -OCH3 is 1. The summed E-state index contributed by atoms with van der Waals surface area (Å²) < 4.78 is 11.3. The number of ether oxygens (including phenoxy) is 2. The van der Waals surface area contributed by atoms with Crippen LogP contribution in [0.3, 0.4) is 0 Å². The summed E-state index contributed by atoms with van der Waals surface area (Å²) in [5.74, 6) is 1.25. The van der Waals surface area contributed by atoms with Gasteiger partial charge in [-0.25, -0.2) is 0 Å². The van der Waals surface area contributed by atoms with Crippen molar-refractivity contribution < 1.29 is 14.3 Å². The first-order valence-electron chi connectivity index (χ1n) is 8.39. The zero-order valence-electron chi connectivity index (χ0n) is 15.4. The van der Waals surface area contributed by atoms with E-state index >= 15 is 0 Å². The molecule has 0 fully saturated rings. The zero-order valence-corrected chi connectivity index (χ0v) is 16.2. The van der Waals surface area contributed by atoms with Crippen molar-refractivity contribution in [1.82, 2.24) is 5.32 Å². The van der Waals surface area contributed by atoms with Gasteiger partial charge in [0.25, 0.3) is 0 Å². The summed E-state index contributed by atoms with van der Waals surface area (Å²) in [6.45, 7) is 4.21. The van der Waals surface area contributed by atoms with E-state index in [1.807, 2.05) is 62.4 Å². The standard InChI is InChI=1S/C20H26N2O3.ClH/c1-14(21)11-20(23)22-15(2)17-9-10-18(19(12-17)24-3)25-13-16-7-5-4-6-8-16;/h4-10,12,14-15H,11,13,21H2,1-3H3,(H,22,23);1H. The number of hydrogen-bond acceptors (Lipinski definition) is 4. The molecule has 0 spiro atoms. The van der Waals surface area contributed by atoms with Gasteiger partial charge in [-0.15, -0.1) is 12.4 Å². The first-order valence-corrected chi connectivity index (χ1v) is 8.39. The van der Waals surface area contributed by atoms with Crippen LogP contribution in [0.15, 0.2) is 48.5 Å². The molecule has 0 heterocycles. The minimum absolute atomic E-state index is 0. The Morgan fingerprint density at radius 2 is 1.81 bits per heavy atom.